The first-order chi connectivity index (χ1) is 11.2. The molecule has 24 heavy (non-hydrogen) atoms. The summed E-state index contributed by atoms with van der Waals surface area (Å²) in [5.74, 6) is 0.341. The number of amides is 2. The predicted octanol–water partition coefficient (Wildman–Crippen LogP) is 3.13. The van der Waals surface area contributed by atoms with Crippen LogP contribution in [-0.2, 0) is 9.59 Å². The lowest BCUT2D eigenvalue weighted by atomic mass is 10.2. The fraction of sp³-hybridized carbons (Fsp3) is 0.500. The highest BCUT2D eigenvalue weighted by molar-refractivity contribution is 9.25. The second-order valence-corrected chi connectivity index (χ2v) is 10.5. The van der Waals surface area contributed by atoms with Crippen LogP contribution >= 0.6 is 43.5 Å². The molecule has 2 fully saturated rings. The van der Waals surface area contributed by atoms with Crippen LogP contribution in [0.2, 0.25) is 0 Å². The van der Waals surface area contributed by atoms with Crippen LogP contribution < -0.4 is 9.64 Å². The summed E-state index contributed by atoms with van der Waals surface area (Å²) >= 11 is 13.2. The number of nitrogens with zero attached hydrogens (tertiary/aromatic N) is 2. The molecule has 1 aromatic carbocycles. The maximum atomic E-state index is 12.8. The Morgan fingerprint density at radius 3 is 2.71 bits per heavy atom. The summed E-state index contributed by atoms with van der Waals surface area (Å²) in [6.07, 6.45) is 1.05. The minimum atomic E-state index is -1.04. The largest absolute Gasteiger partial charge is 0.497 e. The quantitative estimate of drug-likeness (QED) is 0.623. The predicted molar refractivity (Wildman–Crippen MR) is 100 cm³/mol. The van der Waals surface area contributed by atoms with Gasteiger partial charge in [0.05, 0.1) is 7.11 Å². The van der Waals surface area contributed by atoms with Gasteiger partial charge >= 0.3 is 0 Å². The van der Waals surface area contributed by atoms with Crippen LogP contribution in [0, 0.1) is 0 Å². The van der Waals surface area contributed by atoms with Crippen molar-refractivity contribution in [3.63, 3.8) is 0 Å². The Morgan fingerprint density at radius 1 is 1.46 bits per heavy atom. The zero-order valence-corrected chi connectivity index (χ0v) is 17.2. The molecule has 1 heterocycles. The SMILES string of the molecule is COc1cccc(N2CCC(N(C)C(=O)C3(Cl)CC3(Br)Br)C2=O)c1. The van der Waals surface area contributed by atoms with E-state index in [-0.39, 0.29) is 11.8 Å². The zero-order chi connectivity index (χ0) is 17.7. The average molecular weight is 481 g/mol. The number of likely N-dealkylation sites (N-methyl/N-ethyl adjacent to an activating group) is 1. The summed E-state index contributed by atoms with van der Waals surface area (Å²) in [6, 6.07) is 6.83. The van der Waals surface area contributed by atoms with Gasteiger partial charge in [-0.1, -0.05) is 37.9 Å². The molecule has 0 spiro atoms. The van der Waals surface area contributed by atoms with Gasteiger partial charge in [0.15, 0.2) is 4.87 Å². The number of rotatable bonds is 4. The number of anilines is 1. The van der Waals surface area contributed by atoms with Crippen LogP contribution in [0.4, 0.5) is 5.69 Å². The lowest BCUT2D eigenvalue weighted by molar-refractivity contribution is -0.137. The summed E-state index contributed by atoms with van der Waals surface area (Å²) < 4.78 is 4.62. The van der Waals surface area contributed by atoms with E-state index in [1.165, 1.54) is 4.90 Å². The molecule has 1 aromatic rings. The van der Waals surface area contributed by atoms with Gasteiger partial charge in [-0.3, -0.25) is 9.59 Å². The molecule has 0 aromatic heterocycles. The van der Waals surface area contributed by atoms with E-state index in [0.717, 1.165) is 5.69 Å². The number of ether oxygens (including phenoxy) is 1. The maximum absolute atomic E-state index is 12.8. The highest BCUT2D eigenvalue weighted by Crippen LogP contribution is 2.64. The van der Waals surface area contributed by atoms with Gasteiger partial charge in [-0.2, -0.15) is 0 Å². The standard InChI is InChI=1S/C16H17Br2ClN2O3/c1-20(14(23)15(19)9-16(15,17)18)12-6-7-21(13(12)22)10-4-3-5-11(8-10)24-2/h3-5,8,12H,6-7,9H2,1-2H3. The molecule has 8 heteroatoms. The minimum Gasteiger partial charge on any atom is -0.497 e. The highest BCUT2D eigenvalue weighted by atomic mass is 79.9. The first-order valence-electron chi connectivity index (χ1n) is 7.51. The summed E-state index contributed by atoms with van der Waals surface area (Å²) in [5, 5.41) is 0. The van der Waals surface area contributed by atoms with Gasteiger partial charge in [0.25, 0.3) is 0 Å². The first kappa shape index (κ1) is 18.0. The van der Waals surface area contributed by atoms with E-state index in [1.54, 1.807) is 19.1 Å². The van der Waals surface area contributed by atoms with Crippen LogP contribution in [0.1, 0.15) is 12.8 Å². The van der Waals surface area contributed by atoms with Gasteiger partial charge in [-0.05, 0) is 18.6 Å². The number of hydrogen-bond acceptors (Lipinski definition) is 3. The van der Waals surface area contributed by atoms with E-state index >= 15 is 0 Å². The number of carbonyl (C=O) groups excluding carboxylic acids is 2. The zero-order valence-electron chi connectivity index (χ0n) is 13.3. The molecule has 1 saturated heterocycles. The van der Waals surface area contributed by atoms with Crippen molar-refractivity contribution in [1.82, 2.24) is 4.90 Å². The highest BCUT2D eigenvalue weighted by Gasteiger charge is 2.70. The number of halogens is 3. The Kier molecular flexibility index (Phi) is 4.64. The smallest absolute Gasteiger partial charge is 0.249 e. The number of methoxy groups -OCH3 is 1. The van der Waals surface area contributed by atoms with Crippen molar-refractivity contribution in [3.05, 3.63) is 24.3 Å². The van der Waals surface area contributed by atoms with Crippen LogP contribution in [0.5, 0.6) is 5.75 Å². The van der Waals surface area contributed by atoms with E-state index in [4.69, 9.17) is 16.3 Å². The normalized spacial score (nSPS) is 28.0. The van der Waals surface area contributed by atoms with Crippen molar-refractivity contribution in [1.29, 1.82) is 0 Å². The summed E-state index contributed by atoms with van der Waals surface area (Å²) in [6.45, 7) is 0.553. The van der Waals surface area contributed by atoms with Crippen LogP contribution in [0.15, 0.2) is 24.3 Å². The fourth-order valence-corrected chi connectivity index (χ4v) is 4.81. The lowest BCUT2D eigenvalue weighted by Crippen LogP contribution is -2.47. The molecule has 1 aliphatic carbocycles. The molecule has 1 saturated carbocycles. The Bertz CT molecular complexity index is 700. The molecule has 2 aliphatic rings. The van der Waals surface area contributed by atoms with E-state index in [9.17, 15) is 9.59 Å². The van der Waals surface area contributed by atoms with Crippen molar-refractivity contribution in [3.8, 4) is 5.75 Å². The molecule has 0 N–H and O–H groups in total. The maximum Gasteiger partial charge on any atom is 0.249 e. The lowest BCUT2D eigenvalue weighted by Gasteiger charge is -2.26. The van der Waals surface area contributed by atoms with Gasteiger partial charge in [0, 0.05) is 31.8 Å². The van der Waals surface area contributed by atoms with Gasteiger partial charge in [0.2, 0.25) is 11.8 Å². The van der Waals surface area contributed by atoms with Crippen molar-refractivity contribution >= 4 is 61.0 Å². The fourth-order valence-electron chi connectivity index (χ4n) is 2.97. The number of alkyl halides is 3. The molecule has 2 atom stereocenters. The van der Waals surface area contributed by atoms with Crippen molar-refractivity contribution in [2.24, 2.45) is 0 Å². The van der Waals surface area contributed by atoms with Crippen LogP contribution in [0.25, 0.3) is 0 Å². The monoisotopic (exact) mass is 478 g/mol. The summed E-state index contributed by atoms with van der Waals surface area (Å²) in [7, 11) is 3.22. The third kappa shape index (κ3) is 2.84. The topological polar surface area (TPSA) is 49.9 Å². The van der Waals surface area contributed by atoms with Gasteiger partial charge in [-0.25, -0.2) is 0 Å². The average Bonchev–Trinajstić information content (AvgIpc) is 2.89. The van der Waals surface area contributed by atoms with Crippen LogP contribution in [0.3, 0.4) is 0 Å². The van der Waals surface area contributed by atoms with E-state index in [1.807, 2.05) is 24.3 Å². The molecular formula is C16H17Br2ClN2O3. The van der Waals surface area contributed by atoms with Crippen molar-refractivity contribution in [2.45, 2.75) is 27.0 Å². The molecule has 0 bridgehead atoms. The molecule has 1 aliphatic heterocycles. The summed E-state index contributed by atoms with van der Waals surface area (Å²) in [4.78, 5) is 27.6. The Labute approximate surface area is 162 Å². The second kappa shape index (κ2) is 6.18. The van der Waals surface area contributed by atoms with Gasteiger partial charge in [-0.15, -0.1) is 11.6 Å². The summed E-state index contributed by atoms with van der Waals surface area (Å²) in [5.41, 5.74) is 0.769. The Balaban J connectivity index is 1.75. The van der Waals surface area contributed by atoms with Crippen LogP contribution in [-0.4, -0.2) is 51.6 Å². The number of benzene rings is 1. The molecule has 2 unspecified atom stereocenters. The molecule has 3 rings (SSSR count). The van der Waals surface area contributed by atoms with Crippen molar-refractivity contribution < 1.29 is 14.3 Å². The van der Waals surface area contributed by atoms with Gasteiger partial charge < -0.3 is 14.5 Å². The van der Waals surface area contributed by atoms with Crippen molar-refractivity contribution in [2.75, 3.05) is 25.6 Å². The number of carbonyl (C=O) groups is 2. The molecule has 2 amide bonds. The molecule has 130 valence electrons. The van der Waals surface area contributed by atoms with Gasteiger partial charge in [0.1, 0.15) is 15.0 Å². The van der Waals surface area contributed by atoms with E-state index in [2.05, 4.69) is 31.9 Å². The molecule has 5 nitrogen and oxygen atoms in total. The molecule has 0 radical (unpaired) electrons. The van der Waals surface area contributed by atoms with E-state index < -0.39 is 14.1 Å². The second-order valence-electron chi connectivity index (χ2n) is 6.09. The third-order valence-corrected chi connectivity index (χ3v) is 7.58. The first-order valence-corrected chi connectivity index (χ1v) is 9.47. The third-order valence-electron chi connectivity index (χ3n) is 4.59. The Morgan fingerprint density at radius 2 is 2.12 bits per heavy atom. The molecular weight excluding hydrogens is 463 g/mol. The Hall–Kier alpha value is -0.790. The van der Waals surface area contributed by atoms with E-state index in [0.29, 0.717) is 25.1 Å². The number of hydrogen-bond donors (Lipinski definition) is 0. The minimum absolute atomic E-state index is 0.102.